The molecule has 0 spiro atoms. The first kappa shape index (κ1) is 15.7. The van der Waals surface area contributed by atoms with Gasteiger partial charge in [-0.05, 0) is 57.6 Å². The maximum atomic E-state index is 11.6. The number of aliphatic hydroxyl groups is 1. The van der Waals surface area contributed by atoms with E-state index in [4.69, 9.17) is 9.84 Å². The average molecular weight is 264 g/mol. The van der Waals surface area contributed by atoms with Gasteiger partial charge in [0.2, 0.25) is 0 Å². The van der Waals surface area contributed by atoms with Crippen LogP contribution in [0.25, 0.3) is 0 Å². The van der Waals surface area contributed by atoms with Gasteiger partial charge in [0, 0.05) is 6.08 Å². The van der Waals surface area contributed by atoms with Gasteiger partial charge in [0.05, 0.1) is 6.61 Å². The standard InChI is InChI=1S/C16H24O3/c1-16(2,3)19-15(18)11-10-14-8-5-4-7-13(14)9-6-12-17/h6,9-11,17H,4-5,7-8,12H2,1-3H3/b9-6+,11-10+. The lowest BCUT2D eigenvalue weighted by Crippen LogP contribution is -2.22. The minimum atomic E-state index is -0.456. The molecule has 0 aromatic rings. The van der Waals surface area contributed by atoms with Crippen LogP contribution in [0.2, 0.25) is 0 Å². The van der Waals surface area contributed by atoms with Crippen LogP contribution in [-0.2, 0) is 9.53 Å². The third-order valence-corrected chi connectivity index (χ3v) is 2.81. The number of ether oxygens (including phenoxy) is 1. The van der Waals surface area contributed by atoms with Crippen molar-refractivity contribution in [3.05, 3.63) is 35.5 Å². The Morgan fingerprint density at radius 1 is 1.21 bits per heavy atom. The highest BCUT2D eigenvalue weighted by molar-refractivity contribution is 5.83. The van der Waals surface area contributed by atoms with E-state index in [0.717, 1.165) is 25.7 Å². The Bertz CT molecular complexity index is 395. The van der Waals surface area contributed by atoms with E-state index in [9.17, 15) is 4.79 Å². The van der Waals surface area contributed by atoms with Crippen LogP contribution in [0.15, 0.2) is 35.5 Å². The summed E-state index contributed by atoms with van der Waals surface area (Å²) >= 11 is 0. The maximum Gasteiger partial charge on any atom is 0.331 e. The molecule has 1 aliphatic rings. The summed E-state index contributed by atoms with van der Waals surface area (Å²) in [6, 6.07) is 0. The molecule has 0 aromatic heterocycles. The first-order chi connectivity index (χ1) is 8.92. The molecule has 1 aliphatic carbocycles. The lowest BCUT2D eigenvalue weighted by Gasteiger charge is -2.18. The molecule has 0 atom stereocenters. The zero-order valence-electron chi connectivity index (χ0n) is 12.1. The molecule has 0 saturated heterocycles. The average Bonchev–Trinajstić information content (AvgIpc) is 2.32. The van der Waals surface area contributed by atoms with Crippen molar-refractivity contribution in [2.75, 3.05) is 6.61 Å². The molecule has 3 nitrogen and oxygen atoms in total. The number of carbonyl (C=O) groups excluding carboxylic acids is 1. The molecule has 19 heavy (non-hydrogen) atoms. The van der Waals surface area contributed by atoms with Crippen LogP contribution in [0, 0.1) is 0 Å². The second kappa shape index (κ2) is 7.29. The van der Waals surface area contributed by atoms with Crippen molar-refractivity contribution >= 4 is 5.97 Å². The fraction of sp³-hybridized carbons (Fsp3) is 0.562. The fourth-order valence-electron chi connectivity index (χ4n) is 2.03. The van der Waals surface area contributed by atoms with Crippen LogP contribution in [-0.4, -0.2) is 23.3 Å². The predicted octanol–water partition coefficient (Wildman–Crippen LogP) is 3.30. The monoisotopic (exact) mass is 264 g/mol. The van der Waals surface area contributed by atoms with E-state index >= 15 is 0 Å². The van der Waals surface area contributed by atoms with Crippen LogP contribution in [0.3, 0.4) is 0 Å². The second-order valence-electron chi connectivity index (χ2n) is 5.71. The molecule has 3 heteroatoms. The molecule has 1 N–H and O–H groups in total. The summed E-state index contributed by atoms with van der Waals surface area (Å²) in [6.07, 6.45) is 11.3. The molecule has 0 amide bonds. The van der Waals surface area contributed by atoms with Gasteiger partial charge in [0.1, 0.15) is 5.60 Å². The fourth-order valence-corrected chi connectivity index (χ4v) is 2.03. The zero-order valence-corrected chi connectivity index (χ0v) is 12.1. The Balaban J connectivity index is 2.73. The number of carbonyl (C=O) groups is 1. The van der Waals surface area contributed by atoms with E-state index in [1.54, 1.807) is 6.08 Å². The number of allylic oxidation sites excluding steroid dienone is 4. The van der Waals surface area contributed by atoms with Crippen molar-refractivity contribution in [1.29, 1.82) is 0 Å². The molecule has 1 rings (SSSR count). The van der Waals surface area contributed by atoms with Crippen molar-refractivity contribution in [2.45, 2.75) is 52.1 Å². The first-order valence-corrected chi connectivity index (χ1v) is 6.83. The molecule has 0 saturated carbocycles. The highest BCUT2D eigenvalue weighted by Crippen LogP contribution is 2.26. The quantitative estimate of drug-likeness (QED) is 0.626. The Morgan fingerprint density at radius 2 is 1.79 bits per heavy atom. The van der Waals surface area contributed by atoms with Crippen molar-refractivity contribution in [2.24, 2.45) is 0 Å². The third kappa shape index (κ3) is 6.39. The summed E-state index contributed by atoms with van der Waals surface area (Å²) in [6.45, 7) is 5.61. The number of hydrogen-bond acceptors (Lipinski definition) is 3. The van der Waals surface area contributed by atoms with Gasteiger partial charge in [-0.15, -0.1) is 0 Å². The summed E-state index contributed by atoms with van der Waals surface area (Å²) in [5.74, 6) is -0.309. The van der Waals surface area contributed by atoms with E-state index in [1.165, 1.54) is 17.2 Å². The lowest BCUT2D eigenvalue weighted by molar-refractivity contribution is -0.148. The molecule has 0 unspecified atom stereocenters. The van der Waals surface area contributed by atoms with Gasteiger partial charge in [0.15, 0.2) is 0 Å². The summed E-state index contributed by atoms with van der Waals surface area (Å²) in [5.41, 5.74) is 1.92. The van der Waals surface area contributed by atoms with Crippen molar-refractivity contribution in [3.63, 3.8) is 0 Å². The van der Waals surface area contributed by atoms with E-state index in [2.05, 4.69) is 0 Å². The minimum absolute atomic E-state index is 0.0482. The van der Waals surface area contributed by atoms with Gasteiger partial charge in [-0.3, -0.25) is 0 Å². The predicted molar refractivity (Wildman–Crippen MR) is 76.7 cm³/mol. The normalized spacial score (nSPS) is 17.5. The van der Waals surface area contributed by atoms with Crippen molar-refractivity contribution in [3.8, 4) is 0 Å². The Hall–Kier alpha value is -1.35. The lowest BCUT2D eigenvalue weighted by atomic mass is 9.91. The number of aliphatic hydroxyl groups excluding tert-OH is 1. The summed E-state index contributed by atoms with van der Waals surface area (Å²) < 4.78 is 5.24. The Kier molecular flexibility index (Phi) is 6.03. The third-order valence-electron chi connectivity index (χ3n) is 2.81. The SMILES string of the molecule is CC(C)(C)OC(=O)/C=C/C1=C(/C=C/CO)CCCC1. The highest BCUT2D eigenvalue weighted by atomic mass is 16.6. The molecule has 0 radical (unpaired) electrons. The van der Waals surface area contributed by atoms with E-state index in [-0.39, 0.29) is 12.6 Å². The maximum absolute atomic E-state index is 11.6. The molecule has 0 fully saturated rings. The zero-order chi connectivity index (χ0) is 14.3. The molecule has 0 aliphatic heterocycles. The largest absolute Gasteiger partial charge is 0.457 e. The van der Waals surface area contributed by atoms with Gasteiger partial charge in [-0.25, -0.2) is 4.79 Å². The van der Waals surface area contributed by atoms with Crippen LogP contribution < -0.4 is 0 Å². The Labute approximate surface area is 115 Å². The van der Waals surface area contributed by atoms with Crippen LogP contribution in [0.5, 0.6) is 0 Å². The summed E-state index contributed by atoms with van der Waals surface area (Å²) in [4.78, 5) is 11.6. The molecule has 106 valence electrons. The highest BCUT2D eigenvalue weighted by Gasteiger charge is 2.14. The molecular formula is C16H24O3. The van der Waals surface area contributed by atoms with Gasteiger partial charge >= 0.3 is 5.97 Å². The summed E-state index contributed by atoms with van der Waals surface area (Å²) in [5, 5.41) is 8.83. The topological polar surface area (TPSA) is 46.5 Å². The van der Waals surface area contributed by atoms with Crippen molar-refractivity contribution in [1.82, 2.24) is 0 Å². The van der Waals surface area contributed by atoms with Gasteiger partial charge in [-0.1, -0.05) is 18.2 Å². The van der Waals surface area contributed by atoms with E-state index < -0.39 is 5.60 Å². The van der Waals surface area contributed by atoms with Crippen LogP contribution in [0.4, 0.5) is 0 Å². The second-order valence-corrected chi connectivity index (χ2v) is 5.71. The Morgan fingerprint density at radius 3 is 2.32 bits per heavy atom. The van der Waals surface area contributed by atoms with Gasteiger partial charge < -0.3 is 9.84 Å². The molecule has 0 bridgehead atoms. The molecule has 0 heterocycles. The molecule has 0 aromatic carbocycles. The summed E-state index contributed by atoms with van der Waals surface area (Å²) in [7, 11) is 0. The number of rotatable bonds is 4. The van der Waals surface area contributed by atoms with E-state index in [1.807, 2.05) is 32.9 Å². The first-order valence-electron chi connectivity index (χ1n) is 6.83. The van der Waals surface area contributed by atoms with Gasteiger partial charge in [0.25, 0.3) is 0 Å². The van der Waals surface area contributed by atoms with Gasteiger partial charge in [-0.2, -0.15) is 0 Å². The number of hydrogen-bond donors (Lipinski definition) is 1. The number of esters is 1. The smallest absolute Gasteiger partial charge is 0.331 e. The van der Waals surface area contributed by atoms with Crippen molar-refractivity contribution < 1.29 is 14.6 Å². The van der Waals surface area contributed by atoms with Crippen LogP contribution in [0.1, 0.15) is 46.5 Å². The van der Waals surface area contributed by atoms with Crippen LogP contribution >= 0.6 is 0 Å². The van der Waals surface area contributed by atoms with E-state index in [0.29, 0.717) is 0 Å². The molecular weight excluding hydrogens is 240 g/mol. The minimum Gasteiger partial charge on any atom is -0.457 e.